The lowest BCUT2D eigenvalue weighted by atomic mass is 9.90. The summed E-state index contributed by atoms with van der Waals surface area (Å²) in [5.74, 6) is 0.550. The van der Waals surface area contributed by atoms with Gasteiger partial charge in [0.05, 0.1) is 54.0 Å². The maximum absolute atomic E-state index is 9.47. The van der Waals surface area contributed by atoms with Gasteiger partial charge in [-0.1, -0.05) is 29.4 Å². The van der Waals surface area contributed by atoms with Crippen molar-refractivity contribution in [3.05, 3.63) is 71.8 Å². The van der Waals surface area contributed by atoms with Crippen LogP contribution in [0.25, 0.3) is 34.0 Å². The number of hydrogen-bond donors (Lipinski definition) is 1. The van der Waals surface area contributed by atoms with Gasteiger partial charge < -0.3 is 14.6 Å². The lowest BCUT2D eigenvalue weighted by Gasteiger charge is -2.27. The number of aryl methyl sites for hydroxylation is 1. The van der Waals surface area contributed by atoms with Gasteiger partial charge in [0.25, 0.3) is 0 Å². The van der Waals surface area contributed by atoms with Crippen LogP contribution in [0.1, 0.15) is 33.7 Å². The zero-order chi connectivity index (χ0) is 24.4. The van der Waals surface area contributed by atoms with Crippen molar-refractivity contribution in [2.45, 2.75) is 38.8 Å². The maximum atomic E-state index is 9.47. The summed E-state index contributed by atoms with van der Waals surface area (Å²) in [7, 11) is 0. The van der Waals surface area contributed by atoms with E-state index in [1.54, 1.807) is 12.4 Å². The highest BCUT2D eigenvalue weighted by molar-refractivity contribution is 5.68. The molecule has 0 saturated carbocycles. The van der Waals surface area contributed by atoms with Crippen LogP contribution in [-0.4, -0.2) is 39.4 Å². The summed E-state index contributed by atoms with van der Waals surface area (Å²) >= 11 is 0. The molecule has 1 fully saturated rings. The summed E-state index contributed by atoms with van der Waals surface area (Å²) in [5, 5.41) is 17.2. The van der Waals surface area contributed by atoms with E-state index in [0.717, 1.165) is 42.3 Å². The van der Waals surface area contributed by atoms with Gasteiger partial charge in [-0.05, 0) is 38.5 Å². The van der Waals surface area contributed by atoms with E-state index in [1.807, 2.05) is 51.1 Å². The average Bonchev–Trinajstić information content (AvgIpc) is 3.34. The standard InChI is InChI=1S/C27H26N6O2.2H2/c1-17-26(32-23(13-30-17)20-8-9-29-25(10-20)27(2,3)16-28)24-11-22(33-35-24)19-6-4-18(5-7-19)12-31-21-14-34-15-21;;/h4-11,13,21,31H,12,14-15H2,1-3H3;2*1H. The molecule has 4 aromatic rings. The van der Waals surface area contributed by atoms with E-state index in [9.17, 15) is 5.26 Å². The second kappa shape index (κ2) is 9.37. The van der Waals surface area contributed by atoms with Gasteiger partial charge >= 0.3 is 0 Å². The molecular formula is C27H30N6O2. The van der Waals surface area contributed by atoms with E-state index in [2.05, 4.69) is 38.6 Å². The first-order chi connectivity index (χ1) is 16.9. The topological polar surface area (TPSA) is 110 Å². The molecule has 3 aromatic heterocycles. The molecule has 5 rings (SSSR count). The van der Waals surface area contributed by atoms with Crippen molar-refractivity contribution in [1.82, 2.24) is 25.4 Å². The minimum Gasteiger partial charge on any atom is -0.378 e. The molecule has 8 heteroatoms. The van der Waals surface area contributed by atoms with Crippen molar-refractivity contribution in [1.29, 1.82) is 5.26 Å². The lowest BCUT2D eigenvalue weighted by Crippen LogP contribution is -2.45. The zero-order valence-corrected chi connectivity index (χ0v) is 19.9. The molecule has 0 radical (unpaired) electrons. The molecule has 4 heterocycles. The first kappa shape index (κ1) is 22.8. The van der Waals surface area contributed by atoms with Crippen LogP contribution in [0, 0.1) is 18.3 Å². The minimum atomic E-state index is -0.700. The van der Waals surface area contributed by atoms with Crippen LogP contribution >= 0.6 is 0 Å². The van der Waals surface area contributed by atoms with Crippen LogP contribution in [0.2, 0.25) is 0 Å². The SMILES string of the molecule is Cc1ncc(-c2ccnc(C(C)(C)C#N)c2)nc1-c1cc(-c2ccc(CNC3COC3)cc2)no1.[HH].[HH]. The molecule has 35 heavy (non-hydrogen) atoms. The van der Waals surface area contributed by atoms with Gasteiger partial charge in [0.2, 0.25) is 0 Å². The Morgan fingerprint density at radius 2 is 1.89 bits per heavy atom. The smallest absolute Gasteiger partial charge is 0.187 e. The fraction of sp³-hybridized carbons (Fsp3) is 0.296. The Morgan fingerprint density at radius 1 is 1.09 bits per heavy atom. The zero-order valence-electron chi connectivity index (χ0n) is 19.9. The highest BCUT2D eigenvalue weighted by Crippen LogP contribution is 2.30. The van der Waals surface area contributed by atoms with E-state index in [4.69, 9.17) is 14.2 Å². The Bertz CT molecular complexity index is 1390. The average molecular weight is 471 g/mol. The van der Waals surface area contributed by atoms with Crippen molar-refractivity contribution in [3.63, 3.8) is 0 Å². The van der Waals surface area contributed by atoms with Gasteiger partial charge in [0.1, 0.15) is 11.4 Å². The summed E-state index contributed by atoms with van der Waals surface area (Å²) in [6.45, 7) is 7.94. The third-order valence-electron chi connectivity index (χ3n) is 6.16. The molecule has 0 atom stereocenters. The van der Waals surface area contributed by atoms with Crippen LogP contribution in [0.3, 0.4) is 0 Å². The van der Waals surface area contributed by atoms with Crippen LogP contribution in [0.5, 0.6) is 0 Å². The van der Waals surface area contributed by atoms with E-state index in [-0.39, 0.29) is 2.85 Å². The highest BCUT2D eigenvalue weighted by atomic mass is 16.5. The number of pyridine rings is 1. The van der Waals surface area contributed by atoms with E-state index < -0.39 is 5.41 Å². The number of nitrogens with zero attached hydrogens (tertiary/aromatic N) is 5. The largest absolute Gasteiger partial charge is 0.378 e. The molecule has 0 unspecified atom stereocenters. The van der Waals surface area contributed by atoms with Crippen molar-refractivity contribution < 1.29 is 12.1 Å². The van der Waals surface area contributed by atoms with Gasteiger partial charge in [0.15, 0.2) is 5.76 Å². The fourth-order valence-electron chi connectivity index (χ4n) is 3.74. The summed E-state index contributed by atoms with van der Waals surface area (Å²) < 4.78 is 10.9. The summed E-state index contributed by atoms with van der Waals surface area (Å²) in [6, 6.07) is 16.6. The number of rotatable bonds is 7. The Morgan fingerprint density at radius 3 is 2.60 bits per heavy atom. The van der Waals surface area contributed by atoms with Gasteiger partial charge in [0, 0.05) is 32.8 Å². The van der Waals surface area contributed by atoms with Gasteiger partial charge in [-0.15, -0.1) is 0 Å². The number of aromatic nitrogens is 4. The predicted molar refractivity (Wildman–Crippen MR) is 135 cm³/mol. The molecule has 1 aliphatic heterocycles. The molecule has 1 saturated heterocycles. The lowest BCUT2D eigenvalue weighted by molar-refractivity contribution is -0.00578. The first-order valence-corrected chi connectivity index (χ1v) is 11.5. The van der Waals surface area contributed by atoms with Gasteiger partial charge in [-0.3, -0.25) is 9.97 Å². The third kappa shape index (κ3) is 4.83. The molecule has 0 bridgehead atoms. The Kier molecular flexibility index (Phi) is 6.12. The van der Waals surface area contributed by atoms with Crippen LogP contribution in [0.4, 0.5) is 0 Å². The molecule has 0 aliphatic carbocycles. The molecule has 0 amide bonds. The quantitative estimate of drug-likeness (QED) is 0.404. The normalized spacial score (nSPS) is 13.9. The Labute approximate surface area is 207 Å². The number of nitriles is 1. The monoisotopic (exact) mass is 470 g/mol. The maximum Gasteiger partial charge on any atom is 0.187 e. The second-order valence-electron chi connectivity index (χ2n) is 9.24. The first-order valence-electron chi connectivity index (χ1n) is 11.5. The fourth-order valence-corrected chi connectivity index (χ4v) is 3.74. The van der Waals surface area contributed by atoms with Crippen molar-refractivity contribution in [2.75, 3.05) is 13.2 Å². The van der Waals surface area contributed by atoms with Gasteiger partial charge in [-0.25, -0.2) is 4.98 Å². The number of benzene rings is 1. The number of ether oxygens (including phenoxy) is 1. The molecule has 8 nitrogen and oxygen atoms in total. The molecule has 1 aromatic carbocycles. The van der Waals surface area contributed by atoms with Crippen LogP contribution < -0.4 is 5.32 Å². The van der Waals surface area contributed by atoms with Crippen molar-refractivity contribution in [3.8, 4) is 40.0 Å². The van der Waals surface area contributed by atoms with E-state index in [1.165, 1.54) is 5.56 Å². The highest BCUT2D eigenvalue weighted by Gasteiger charge is 2.22. The van der Waals surface area contributed by atoms with E-state index >= 15 is 0 Å². The summed E-state index contributed by atoms with van der Waals surface area (Å²) in [6.07, 6.45) is 3.41. The van der Waals surface area contributed by atoms with Crippen LogP contribution in [0.15, 0.2) is 59.4 Å². The minimum absolute atomic E-state index is 0. The van der Waals surface area contributed by atoms with Gasteiger partial charge in [-0.2, -0.15) is 5.26 Å². The molecule has 1 aliphatic rings. The van der Waals surface area contributed by atoms with E-state index in [0.29, 0.717) is 28.9 Å². The number of nitrogens with one attached hydrogen (secondary N) is 1. The predicted octanol–water partition coefficient (Wildman–Crippen LogP) is 4.95. The summed E-state index contributed by atoms with van der Waals surface area (Å²) in [5.41, 5.74) is 5.77. The molecule has 180 valence electrons. The van der Waals surface area contributed by atoms with Crippen molar-refractivity contribution in [2.24, 2.45) is 0 Å². The second-order valence-corrected chi connectivity index (χ2v) is 9.24. The molecule has 0 spiro atoms. The molecular weight excluding hydrogens is 440 g/mol. The summed E-state index contributed by atoms with van der Waals surface area (Å²) in [4.78, 5) is 13.7. The number of hydrogen-bond acceptors (Lipinski definition) is 8. The van der Waals surface area contributed by atoms with Crippen LogP contribution in [-0.2, 0) is 16.7 Å². The molecule has 1 N–H and O–H groups in total. The van der Waals surface area contributed by atoms with Crippen molar-refractivity contribution >= 4 is 0 Å². The Hall–Kier alpha value is -3.93. The Balaban J connectivity index is 0.00000190. The third-order valence-corrected chi connectivity index (χ3v) is 6.16.